The molecule has 2 rings (SSSR count). The van der Waals surface area contributed by atoms with Gasteiger partial charge in [-0.2, -0.15) is 0 Å². The zero-order valence-electron chi connectivity index (χ0n) is 8.60. The topological polar surface area (TPSA) is 13.1 Å². The Hall–Kier alpha value is -0.950. The van der Waals surface area contributed by atoms with Crippen molar-refractivity contribution in [2.75, 3.05) is 0 Å². The molecule has 0 fully saturated rings. The van der Waals surface area contributed by atoms with Crippen LogP contribution in [0.25, 0.3) is 11.0 Å². The summed E-state index contributed by atoms with van der Waals surface area (Å²) in [5.74, 6) is 0.861. The lowest BCUT2D eigenvalue weighted by Gasteiger charge is -2.14. The Kier molecular flexibility index (Phi) is 2.07. The van der Waals surface area contributed by atoms with Gasteiger partial charge in [0.05, 0.1) is 5.02 Å². The van der Waals surface area contributed by atoms with E-state index in [4.69, 9.17) is 16.0 Å². The molecule has 74 valence electrons. The molecule has 0 aliphatic heterocycles. The smallest absolute Gasteiger partial charge is 0.135 e. The van der Waals surface area contributed by atoms with Crippen molar-refractivity contribution in [2.45, 2.75) is 26.2 Å². The molecule has 0 amide bonds. The maximum absolute atomic E-state index is 6.25. The molecule has 1 aromatic carbocycles. The molecular weight excluding hydrogens is 196 g/mol. The molecule has 0 bridgehead atoms. The van der Waals surface area contributed by atoms with Crippen LogP contribution in [0.15, 0.2) is 28.7 Å². The molecule has 0 unspecified atom stereocenters. The van der Waals surface area contributed by atoms with Gasteiger partial charge in [0.25, 0.3) is 0 Å². The molecule has 0 saturated heterocycles. The number of benzene rings is 1. The van der Waals surface area contributed by atoms with E-state index in [1.165, 1.54) is 0 Å². The van der Waals surface area contributed by atoms with Gasteiger partial charge in [-0.05, 0) is 12.1 Å². The zero-order valence-corrected chi connectivity index (χ0v) is 9.35. The van der Waals surface area contributed by atoms with Gasteiger partial charge in [0.2, 0.25) is 0 Å². The van der Waals surface area contributed by atoms with Crippen LogP contribution >= 0.6 is 11.6 Å². The molecule has 1 aromatic heterocycles. The van der Waals surface area contributed by atoms with Crippen LogP contribution in [0.3, 0.4) is 0 Å². The summed E-state index contributed by atoms with van der Waals surface area (Å²) in [4.78, 5) is 0. The zero-order chi connectivity index (χ0) is 10.3. The minimum absolute atomic E-state index is 0.0455. The van der Waals surface area contributed by atoms with Gasteiger partial charge < -0.3 is 4.42 Å². The number of halogens is 1. The third kappa shape index (κ3) is 1.42. The van der Waals surface area contributed by atoms with Gasteiger partial charge in [-0.1, -0.05) is 44.5 Å². The standard InChI is InChI=1S/C12H13ClO/c1-12(2,3)11-10(13)8-6-4-5-7-9(8)14-11/h4-7H,1-3H3. The van der Waals surface area contributed by atoms with E-state index in [-0.39, 0.29) is 5.41 Å². The second-order valence-electron chi connectivity index (χ2n) is 4.49. The molecule has 0 spiro atoms. The summed E-state index contributed by atoms with van der Waals surface area (Å²) in [6.45, 7) is 6.28. The summed E-state index contributed by atoms with van der Waals surface area (Å²) in [7, 11) is 0. The van der Waals surface area contributed by atoms with Crippen molar-refractivity contribution in [1.29, 1.82) is 0 Å². The lowest BCUT2D eigenvalue weighted by atomic mass is 9.93. The molecule has 1 heterocycles. The van der Waals surface area contributed by atoms with Crippen molar-refractivity contribution < 1.29 is 4.42 Å². The number of rotatable bonds is 0. The highest BCUT2D eigenvalue weighted by molar-refractivity contribution is 6.36. The van der Waals surface area contributed by atoms with Crippen LogP contribution < -0.4 is 0 Å². The fourth-order valence-electron chi connectivity index (χ4n) is 1.50. The van der Waals surface area contributed by atoms with Gasteiger partial charge in [-0.3, -0.25) is 0 Å². The highest BCUT2D eigenvalue weighted by atomic mass is 35.5. The Morgan fingerprint density at radius 1 is 1.14 bits per heavy atom. The summed E-state index contributed by atoms with van der Waals surface area (Å²) in [5, 5.41) is 1.74. The number of hydrogen-bond donors (Lipinski definition) is 0. The second-order valence-corrected chi connectivity index (χ2v) is 4.87. The SMILES string of the molecule is CC(C)(C)c1oc2ccccc2c1Cl. The number of para-hydroxylation sites is 1. The van der Waals surface area contributed by atoms with Gasteiger partial charge in [-0.15, -0.1) is 0 Å². The Labute approximate surface area is 88.7 Å². The summed E-state index contributed by atoms with van der Waals surface area (Å²) in [5.41, 5.74) is 0.818. The normalized spacial score (nSPS) is 12.3. The van der Waals surface area contributed by atoms with E-state index < -0.39 is 0 Å². The van der Waals surface area contributed by atoms with Crippen LogP contribution in [-0.4, -0.2) is 0 Å². The minimum Gasteiger partial charge on any atom is -0.459 e. The summed E-state index contributed by atoms with van der Waals surface area (Å²) >= 11 is 6.25. The molecule has 2 aromatic rings. The molecule has 0 aliphatic rings. The van der Waals surface area contributed by atoms with E-state index in [9.17, 15) is 0 Å². The van der Waals surface area contributed by atoms with E-state index in [2.05, 4.69) is 20.8 Å². The summed E-state index contributed by atoms with van der Waals surface area (Å²) in [6.07, 6.45) is 0. The Morgan fingerprint density at radius 2 is 1.79 bits per heavy atom. The number of hydrogen-bond acceptors (Lipinski definition) is 1. The van der Waals surface area contributed by atoms with Crippen LogP contribution in [0.5, 0.6) is 0 Å². The number of fused-ring (bicyclic) bond motifs is 1. The molecule has 0 atom stereocenters. The van der Waals surface area contributed by atoms with Crippen LogP contribution in [0.4, 0.5) is 0 Å². The number of furan rings is 1. The van der Waals surface area contributed by atoms with Crippen LogP contribution in [-0.2, 0) is 5.41 Å². The maximum Gasteiger partial charge on any atom is 0.135 e. The lowest BCUT2D eigenvalue weighted by molar-refractivity contribution is 0.430. The van der Waals surface area contributed by atoms with Crippen molar-refractivity contribution in [3.8, 4) is 0 Å². The van der Waals surface area contributed by atoms with E-state index >= 15 is 0 Å². The second kappa shape index (κ2) is 3.03. The molecule has 1 nitrogen and oxygen atoms in total. The van der Waals surface area contributed by atoms with Gasteiger partial charge in [0, 0.05) is 10.8 Å². The van der Waals surface area contributed by atoms with Crippen molar-refractivity contribution in [1.82, 2.24) is 0 Å². The van der Waals surface area contributed by atoms with Crippen molar-refractivity contribution in [2.24, 2.45) is 0 Å². The molecule has 0 N–H and O–H groups in total. The van der Waals surface area contributed by atoms with E-state index in [1.54, 1.807) is 0 Å². The third-order valence-electron chi connectivity index (χ3n) is 2.22. The minimum atomic E-state index is -0.0455. The van der Waals surface area contributed by atoms with Gasteiger partial charge in [0.15, 0.2) is 0 Å². The predicted molar refractivity (Wildman–Crippen MR) is 59.9 cm³/mol. The fraction of sp³-hybridized carbons (Fsp3) is 0.333. The molecule has 0 saturated carbocycles. The van der Waals surface area contributed by atoms with Crippen LogP contribution in [0, 0.1) is 0 Å². The third-order valence-corrected chi connectivity index (χ3v) is 2.59. The highest BCUT2D eigenvalue weighted by Gasteiger charge is 2.23. The predicted octanol–water partition coefficient (Wildman–Crippen LogP) is 4.38. The fourth-order valence-corrected chi connectivity index (χ4v) is 1.97. The first-order valence-electron chi connectivity index (χ1n) is 4.67. The summed E-state index contributed by atoms with van der Waals surface area (Å²) < 4.78 is 5.73. The lowest BCUT2D eigenvalue weighted by Crippen LogP contribution is -2.09. The Balaban J connectivity index is 2.75. The molecule has 2 heteroatoms. The van der Waals surface area contributed by atoms with Gasteiger partial charge in [0.1, 0.15) is 11.3 Å². The Bertz CT molecular complexity index is 463. The molecule has 0 aliphatic carbocycles. The van der Waals surface area contributed by atoms with E-state index in [0.717, 1.165) is 21.8 Å². The quantitative estimate of drug-likeness (QED) is 0.626. The van der Waals surface area contributed by atoms with Crippen molar-refractivity contribution >= 4 is 22.6 Å². The van der Waals surface area contributed by atoms with E-state index in [1.807, 2.05) is 24.3 Å². The van der Waals surface area contributed by atoms with Crippen LogP contribution in [0.1, 0.15) is 26.5 Å². The summed E-state index contributed by atoms with van der Waals surface area (Å²) in [6, 6.07) is 7.84. The van der Waals surface area contributed by atoms with Gasteiger partial charge >= 0.3 is 0 Å². The van der Waals surface area contributed by atoms with Gasteiger partial charge in [-0.25, -0.2) is 0 Å². The first-order valence-corrected chi connectivity index (χ1v) is 5.05. The average molecular weight is 209 g/mol. The van der Waals surface area contributed by atoms with Crippen LogP contribution in [0.2, 0.25) is 5.02 Å². The maximum atomic E-state index is 6.25. The van der Waals surface area contributed by atoms with E-state index in [0.29, 0.717) is 0 Å². The largest absolute Gasteiger partial charge is 0.459 e. The Morgan fingerprint density at radius 3 is 2.36 bits per heavy atom. The van der Waals surface area contributed by atoms with Crippen molar-refractivity contribution in [3.63, 3.8) is 0 Å². The molecule has 0 radical (unpaired) electrons. The molecule has 14 heavy (non-hydrogen) atoms. The highest BCUT2D eigenvalue weighted by Crippen LogP contribution is 2.37. The van der Waals surface area contributed by atoms with Crippen molar-refractivity contribution in [3.05, 3.63) is 35.0 Å². The monoisotopic (exact) mass is 208 g/mol. The first-order chi connectivity index (χ1) is 6.50. The first kappa shape index (κ1) is 9.60. The average Bonchev–Trinajstić information content (AvgIpc) is 2.44. The molecular formula is C12H13ClO.